The van der Waals surface area contributed by atoms with Gasteiger partial charge in [-0.25, -0.2) is 4.79 Å². The fraction of sp³-hybridized carbons (Fsp3) is 0.308. The number of aryl methyl sites for hydroxylation is 2. The van der Waals surface area contributed by atoms with Crippen molar-refractivity contribution in [2.45, 2.75) is 20.4 Å². The van der Waals surface area contributed by atoms with Crippen LogP contribution in [0.15, 0.2) is 18.2 Å². The van der Waals surface area contributed by atoms with Crippen LogP contribution in [-0.2, 0) is 11.3 Å². The van der Waals surface area contributed by atoms with Crippen LogP contribution in [0.25, 0.3) is 0 Å². The first-order valence-corrected chi connectivity index (χ1v) is 5.91. The van der Waals surface area contributed by atoms with E-state index in [0.717, 1.165) is 17.0 Å². The highest BCUT2D eigenvalue weighted by Gasteiger charge is 2.09. The lowest BCUT2D eigenvalue weighted by molar-refractivity contribution is 0.0600. The van der Waals surface area contributed by atoms with Gasteiger partial charge in [-0.1, -0.05) is 12.1 Å². The lowest BCUT2D eigenvalue weighted by Crippen LogP contribution is -2.06. The summed E-state index contributed by atoms with van der Waals surface area (Å²) >= 11 is 0. The molecule has 100 valence electrons. The quantitative estimate of drug-likeness (QED) is 0.820. The zero-order valence-electron chi connectivity index (χ0n) is 11.2. The average molecular weight is 260 g/mol. The summed E-state index contributed by atoms with van der Waals surface area (Å²) in [6.45, 7) is 4.32. The highest BCUT2D eigenvalue weighted by molar-refractivity contribution is 5.90. The second kappa shape index (κ2) is 5.51. The maximum absolute atomic E-state index is 11.5. The Kier molecular flexibility index (Phi) is 3.79. The topological polar surface area (TPSA) is 79.9 Å². The van der Waals surface area contributed by atoms with E-state index in [4.69, 9.17) is 4.74 Å². The van der Waals surface area contributed by atoms with Gasteiger partial charge in [0.15, 0.2) is 0 Å². The number of carbonyl (C=O) groups is 1. The number of aromatic nitrogens is 3. The van der Waals surface area contributed by atoms with Gasteiger partial charge < -0.3 is 10.1 Å². The molecule has 0 aliphatic rings. The first-order chi connectivity index (χ1) is 9.10. The summed E-state index contributed by atoms with van der Waals surface area (Å²) in [5, 5.41) is 9.86. The van der Waals surface area contributed by atoms with Crippen LogP contribution < -0.4 is 5.32 Å². The van der Waals surface area contributed by atoms with Crippen LogP contribution in [0.3, 0.4) is 0 Å². The smallest absolute Gasteiger partial charge is 0.338 e. The molecule has 0 aliphatic carbocycles. The number of benzene rings is 1. The van der Waals surface area contributed by atoms with E-state index in [1.807, 2.05) is 26.0 Å². The highest BCUT2D eigenvalue weighted by Crippen LogP contribution is 2.13. The number of hydrogen-bond acceptors (Lipinski definition) is 5. The van der Waals surface area contributed by atoms with Gasteiger partial charge in [0.1, 0.15) is 5.82 Å². The minimum absolute atomic E-state index is 0.318. The maximum Gasteiger partial charge on any atom is 0.338 e. The fourth-order valence-corrected chi connectivity index (χ4v) is 1.78. The number of esters is 1. The first kappa shape index (κ1) is 13.1. The van der Waals surface area contributed by atoms with Crippen molar-refractivity contribution in [1.29, 1.82) is 0 Å². The van der Waals surface area contributed by atoms with E-state index < -0.39 is 0 Å². The van der Waals surface area contributed by atoms with Crippen molar-refractivity contribution in [2.24, 2.45) is 0 Å². The van der Waals surface area contributed by atoms with Gasteiger partial charge in [-0.3, -0.25) is 5.10 Å². The van der Waals surface area contributed by atoms with Gasteiger partial charge in [0, 0.05) is 6.54 Å². The van der Waals surface area contributed by atoms with Crippen LogP contribution >= 0.6 is 0 Å². The summed E-state index contributed by atoms with van der Waals surface area (Å²) in [6, 6.07) is 5.59. The predicted molar refractivity (Wildman–Crippen MR) is 71.0 cm³/mol. The molecule has 1 aromatic carbocycles. The van der Waals surface area contributed by atoms with E-state index in [1.165, 1.54) is 7.11 Å². The molecule has 1 heterocycles. The summed E-state index contributed by atoms with van der Waals surface area (Å²) < 4.78 is 4.71. The van der Waals surface area contributed by atoms with Crippen LogP contribution in [0.4, 0.5) is 5.95 Å². The Morgan fingerprint density at radius 1 is 1.42 bits per heavy atom. The zero-order chi connectivity index (χ0) is 13.8. The summed E-state index contributed by atoms with van der Waals surface area (Å²) in [7, 11) is 1.38. The molecule has 0 radical (unpaired) electrons. The van der Waals surface area contributed by atoms with Gasteiger partial charge in [0.25, 0.3) is 0 Å². The second-order valence-corrected chi connectivity index (χ2v) is 4.24. The molecule has 6 nitrogen and oxygen atoms in total. The third-order valence-electron chi connectivity index (χ3n) is 2.74. The Hall–Kier alpha value is -2.37. The molecule has 2 aromatic rings. The molecule has 0 saturated carbocycles. The molecule has 0 unspecified atom stereocenters. The zero-order valence-corrected chi connectivity index (χ0v) is 11.2. The standard InChI is InChI=1S/C13H16N4O2/c1-8-6-10(4-5-11(8)12(18)19-3)7-14-13-15-9(2)16-17-13/h4-6H,7H2,1-3H3,(H2,14,15,16,17). The molecule has 6 heteroatoms. The number of hydrogen-bond donors (Lipinski definition) is 2. The lowest BCUT2D eigenvalue weighted by atomic mass is 10.1. The van der Waals surface area contributed by atoms with Gasteiger partial charge in [-0.05, 0) is 31.0 Å². The SMILES string of the molecule is COC(=O)c1ccc(CNc2n[nH]c(C)n2)cc1C. The van der Waals surface area contributed by atoms with E-state index in [0.29, 0.717) is 18.1 Å². The molecule has 2 N–H and O–H groups in total. The van der Waals surface area contributed by atoms with Crippen molar-refractivity contribution in [2.75, 3.05) is 12.4 Å². The number of anilines is 1. The third kappa shape index (κ3) is 3.09. The van der Waals surface area contributed by atoms with Crippen molar-refractivity contribution in [3.05, 3.63) is 40.7 Å². The molecule has 2 rings (SSSR count). The predicted octanol–water partition coefficient (Wildman–Crippen LogP) is 1.82. The molecular weight excluding hydrogens is 244 g/mol. The lowest BCUT2D eigenvalue weighted by Gasteiger charge is -2.07. The molecule has 0 bridgehead atoms. The number of carbonyl (C=O) groups excluding carboxylic acids is 1. The highest BCUT2D eigenvalue weighted by atomic mass is 16.5. The number of rotatable bonds is 4. The normalized spacial score (nSPS) is 10.3. The Morgan fingerprint density at radius 2 is 2.21 bits per heavy atom. The average Bonchev–Trinajstić information content (AvgIpc) is 2.81. The third-order valence-corrected chi connectivity index (χ3v) is 2.74. The summed E-state index contributed by atoms with van der Waals surface area (Å²) in [5.74, 6) is 1.01. The number of methoxy groups -OCH3 is 1. The van der Waals surface area contributed by atoms with Crippen molar-refractivity contribution in [1.82, 2.24) is 15.2 Å². The van der Waals surface area contributed by atoms with Crippen LogP contribution in [-0.4, -0.2) is 28.3 Å². The number of ether oxygens (including phenoxy) is 1. The van der Waals surface area contributed by atoms with Crippen LogP contribution in [0.1, 0.15) is 27.3 Å². The Balaban J connectivity index is 2.06. The van der Waals surface area contributed by atoms with Crippen molar-refractivity contribution >= 4 is 11.9 Å². The van der Waals surface area contributed by atoms with Gasteiger partial charge in [-0.2, -0.15) is 4.98 Å². The molecule has 0 aliphatic heterocycles. The van der Waals surface area contributed by atoms with Crippen LogP contribution in [0, 0.1) is 13.8 Å². The minimum Gasteiger partial charge on any atom is -0.465 e. The van der Waals surface area contributed by atoms with E-state index in [2.05, 4.69) is 20.5 Å². The number of nitrogens with one attached hydrogen (secondary N) is 2. The van der Waals surface area contributed by atoms with Gasteiger partial charge >= 0.3 is 5.97 Å². The summed E-state index contributed by atoms with van der Waals surface area (Å²) in [4.78, 5) is 15.6. The Morgan fingerprint density at radius 3 is 2.79 bits per heavy atom. The van der Waals surface area contributed by atoms with Crippen LogP contribution in [0.5, 0.6) is 0 Å². The van der Waals surface area contributed by atoms with E-state index in [-0.39, 0.29) is 5.97 Å². The molecule has 1 aromatic heterocycles. The number of nitrogens with zero attached hydrogens (tertiary/aromatic N) is 2. The Bertz CT molecular complexity index is 592. The van der Waals surface area contributed by atoms with Crippen molar-refractivity contribution in [3.63, 3.8) is 0 Å². The number of H-pyrrole nitrogens is 1. The van der Waals surface area contributed by atoms with Gasteiger partial charge in [0.05, 0.1) is 12.7 Å². The molecular formula is C13H16N4O2. The largest absolute Gasteiger partial charge is 0.465 e. The van der Waals surface area contributed by atoms with Gasteiger partial charge in [-0.15, -0.1) is 5.10 Å². The molecule has 0 saturated heterocycles. The monoisotopic (exact) mass is 260 g/mol. The van der Waals surface area contributed by atoms with E-state index in [1.54, 1.807) is 6.07 Å². The van der Waals surface area contributed by atoms with Gasteiger partial charge in [0.2, 0.25) is 5.95 Å². The minimum atomic E-state index is -0.318. The van der Waals surface area contributed by atoms with Crippen LogP contribution in [0.2, 0.25) is 0 Å². The molecule has 0 fully saturated rings. The second-order valence-electron chi connectivity index (χ2n) is 4.24. The molecule has 0 spiro atoms. The first-order valence-electron chi connectivity index (χ1n) is 5.91. The number of aromatic amines is 1. The summed E-state index contributed by atoms with van der Waals surface area (Å²) in [5.41, 5.74) is 2.52. The fourth-order valence-electron chi connectivity index (χ4n) is 1.78. The van der Waals surface area contributed by atoms with E-state index >= 15 is 0 Å². The maximum atomic E-state index is 11.5. The molecule has 0 atom stereocenters. The van der Waals surface area contributed by atoms with Crippen molar-refractivity contribution in [3.8, 4) is 0 Å². The van der Waals surface area contributed by atoms with Crippen molar-refractivity contribution < 1.29 is 9.53 Å². The van der Waals surface area contributed by atoms with E-state index in [9.17, 15) is 4.79 Å². The summed E-state index contributed by atoms with van der Waals surface area (Å²) in [6.07, 6.45) is 0. The molecule has 0 amide bonds. The molecule has 19 heavy (non-hydrogen) atoms. The Labute approximate surface area is 111 Å².